The monoisotopic (exact) mass is 773 g/mol. The first kappa shape index (κ1) is 35.3. The number of fused-ring (bicyclic) bond motifs is 4. The van der Waals surface area contributed by atoms with Crippen molar-refractivity contribution in [1.29, 1.82) is 0 Å². The van der Waals surface area contributed by atoms with E-state index >= 15 is 0 Å². The van der Waals surface area contributed by atoms with E-state index < -0.39 is 0 Å². The van der Waals surface area contributed by atoms with Crippen LogP contribution in [0, 0.1) is 31.7 Å². The van der Waals surface area contributed by atoms with Gasteiger partial charge < -0.3 is 13.9 Å². The Morgan fingerprint density at radius 1 is 0.886 bits per heavy atom. The van der Waals surface area contributed by atoms with Gasteiger partial charge in [0.25, 0.3) is 0 Å². The Morgan fingerprint density at radius 3 is 2.09 bits per heavy atom. The van der Waals surface area contributed by atoms with Crippen molar-refractivity contribution in [2.24, 2.45) is 11.8 Å². The molecule has 0 saturated heterocycles. The van der Waals surface area contributed by atoms with E-state index in [9.17, 15) is 9.90 Å². The second-order valence-electron chi connectivity index (χ2n) is 12.5. The minimum atomic E-state index is 0. The topological polar surface area (TPSA) is 76.5 Å². The third-order valence-electron chi connectivity index (χ3n) is 8.30. The molecule has 6 heteroatoms. The van der Waals surface area contributed by atoms with Crippen LogP contribution in [0.4, 0.5) is 0 Å². The Kier molecular flexibility index (Phi) is 11.8. The molecule has 0 amide bonds. The molecule has 1 N–H and O–H groups in total. The number of nitrogens with zero attached hydrogens (tertiary/aromatic N) is 1. The fourth-order valence-electron chi connectivity index (χ4n) is 5.75. The van der Waals surface area contributed by atoms with Crippen LogP contribution in [-0.4, -0.2) is 15.9 Å². The molecule has 5 rings (SSSR count). The number of rotatable bonds is 8. The van der Waals surface area contributed by atoms with Gasteiger partial charge in [0.1, 0.15) is 17.0 Å². The summed E-state index contributed by atoms with van der Waals surface area (Å²) in [5.74, 6) is 2.22. The standard InChI is InChI=1S/C25H22NO2.C13H24O2.Ir/c1-14-10-19-22(26-21-11-15(2)28-24(21)23(19)27-14)17-12-16-8-6-7-9-18(16)20(13-17)25(3,4)5;1-5-10(6-2)12(14)9-13(15)11(7-3)8-4;/h6-11,13H,1-5H3;9-11,14H,5-8H2,1-4H3;/q-1;;/b;12-9-;. The minimum Gasteiger partial charge on any atom is -0.512 e. The number of carbonyl (C=O) groups excluding carboxylic acids is 1. The zero-order chi connectivity index (χ0) is 31.5. The molecule has 44 heavy (non-hydrogen) atoms. The second-order valence-corrected chi connectivity index (χ2v) is 12.5. The predicted octanol–water partition coefficient (Wildman–Crippen LogP) is 11.0. The molecule has 5 nitrogen and oxygen atoms in total. The molecule has 0 spiro atoms. The maximum Gasteiger partial charge on any atom is 0.194 e. The molecule has 0 atom stereocenters. The molecule has 0 aliphatic rings. The number of aryl methyl sites for hydroxylation is 2. The summed E-state index contributed by atoms with van der Waals surface area (Å²) in [5, 5.41) is 13.1. The number of aromatic nitrogens is 1. The second kappa shape index (κ2) is 14.7. The van der Waals surface area contributed by atoms with Gasteiger partial charge in [-0.15, -0.1) is 29.1 Å². The van der Waals surface area contributed by atoms with Gasteiger partial charge in [-0.1, -0.05) is 77.6 Å². The number of aliphatic hydroxyl groups excluding tert-OH is 1. The number of carbonyl (C=O) groups is 1. The first-order valence-corrected chi connectivity index (χ1v) is 15.6. The molecule has 0 aliphatic heterocycles. The summed E-state index contributed by atoms with van der Waals surface area (Å²) in [6.07, 6.45) is 4.91. The Morgan fingerprint density at radius 2 is 1.48 bits per heavy atom. The first-order valence-electron chi connectivity index (χ1n) is 15.6. The van der Waals surface area contributed by atoms with Gasteiger partial charge in [-0.05, 0) is 51.0 Å². The van der Waals surface area contributed by atoms with Crippen molar-refractivity contribution in [1.82, 2.24) is 4.98 Å². The van der Waals surface area contributed by atoms with Crippen molar-refractivity contribution < 1.29 is 38.8 Å². The molecular formula is C38H46IrNO4-. The van der Waals surface area contributed by atoms with E-state index in [2.05, 4.69) is 57.2 Å². The van der Waals surface area contributed by atoms with Gasteiger partial charge in [-0.2, -0.15) is 0 Å². The van der Waals surface area contributed by atoms with Crippen LogP contribution in [0.1, 0.15) is 91.2 Å². The fourth-order valence-corrected chi connectivity index (χ4v) is 5.75. The molecule has 5 aromatic rings. The van der Waals surface area contributed by atoms with Crippen molar-refractivity contribution in [3.8, 4) is 11.3 Å². The van der Waals surface area contributed by atoms with E-state index in [0.717, 1.165) is 70.3 Å². The smallest absolute Gasteiger partial charge is 0.194 e. The van der Waals surface area contributed by atoms with Crippen molar-refractivity contribution in [3.63, 3.8) is 0 Å². The molecule has 0 aliphatic carbocycles. The zero-order valence-electron chi connectivity index (χ0n) is 27.6. The summed E-state index contributed by atoms with van der Waals surface area (Å²) in [6.45, 7) is 18.7. The maximum absolute atomic E-state index is 11.7. The Labute approximate surface area is 275 Å². The van der Waals surface area contributed by atoms with E-state index in [1.165, 1.54) is 17.0 Å². The molecule has 0 fully saturated rings. The van der Waals surface area contributed by atoms with Gasteiger partial charge in [-0.25, -0.2) is 0 Å². The van der Waals surface area contributed by atoms with E-state index in [4.69, 9.17) is 13.8 Å². The number of furan rings is 2. The Hall–Kier alpha value is -3.21. The summed E-state index contributed by atoms with van der Waals surface area (Å²) in [7, 11) is 0. The maximum atomic E-state index is 11.7. The minimum absolute atomic E-state index is 0. The summed E-state index contributed by atoms with van der Waals surface area (Å²) in [4.78, 5) is 16.7. The van der Waals surface area contributed by atoms with Crippen LogP contribution in [0.2, 0.25) is 0 Å². The van der Waals surface area contributed by atoms with Crippen LogP contribution in [0.3, 0.4) is 0 Å². The van der Waals surface area contributed by atoms with Gasteiger partial charge >= 0.3 is 0 Å². The number of benzene rings is 2. The van der Waals surface area contributed by atoms with E-state index in [0.29, 0.717) is 5.58 Å². The SMILES string of the molecule is CCC(CC)C(=O)/C=C(\O)C(CC)CC.Cc1cc2nc(-c3[c-]c4ccccc4c(C(C)(C)C)c3)c3cc(C)oc3c2o1.[Ir]. The number of allylic oxidation sites excluding steroid dienone is 2. The van der Waals surface area contributed by atoms with Gasteiger partial charge in [0.2, 0.25) is 0 Å². The zero-order valence-corrected chi connectivity index (χ0v) is 29.9. The van der Waals surface area contributed by atoms with Crippen LogP contribution >= 0.6 is 0 Å². The van der Waals surface area contributed by atoms with Crippen LogP contribution in [0.25, 0.3) is 44.1 Å². The van der Waals surface area contributed by atoms with Crippen molar-refractivity contribution in [3.05, 3.63) is 77.5 Å². The van der Waals surface area contributed by atoms with E-state index in [-0.39, 0.29) is 48.9 Å². The molecule has 3 aromatic heterocycles. The van der Waals surface area contributed by atoms with Gasteiger partial charge in [0.15, 0.2) is 16.9 Å². The quantitative estimate of drug-likeness (QED) is 0.0966. The normalized spacial score (nSPS) is 12.2. The van der Waals surface area contributed by atoms with E-state index in [1.54, 1.807) is 0 Å². The summed E-state index contributed by atoms with van der Waals surface area (Å²) >= 11 is 0. The molecule has 0 saturated carbocycles. The van der Waals surface area contributed by atoms with Gasteiger partial charge in [-0.3, -0.25) is 9.78 Å². The summed E-state index contributed by atoms with van der Waals surface area (Å²) in [6, 6.07) is 18.2. The summed E-state index contributed by atoms with van der Waals surface area (Å²) < 4.78 is 11.9. The van der Waals surface area contributed by atoms with Gasteiger partial charge in [0, 0.05) is 55.2 Å². The van der Waals surface area contributed by atoms with Crippen LogP contribution in [-0.2, 0) is 30.3 Å². The van der Waals surface area contributed by atoms with Crippen molar-refractivity contribution >= 4 is 38.6 Å². The number of pyridine rings is 1. The molecule has 0 bridgehead atoms. The Bertz CT molecular complexity index is 1760. The largest absolute Gasteiger partial charge is 0.512 e. The average molecular weight is 773 g/mol. The van der Waals surface area contributed by atoms with Crippen molar-refractivity contribution in [2.45, 2.75) is 93.4 Å². The molecule has 3 heterocycles. The van der Waals surface area contributed by atoms with Crippen molar-refractivity contribution in [2.75, 3.05) is 0 Å². The third kappa shape index (κ3) is 7.53. The number of aliphatic hydroxyl groups is 1. The predicted molar refractivity (Wildman–Crippen MR) is 178 cm³/mol. The molecular weight excluding hydrogens is 727 g/mol. The summed E-state index contributed by atoms with van der Waals surface area (Å²) in [5.41, 5.74) is 5.44. The first-order chi connectivity index (χ1) is 20.4. The van der Waals surface area contributed by atoms with E-state index in [1.807, 2.05) is 53.7 Å². The fraction of sp³-hybridized carbons (Fsp3) is 0.421. The number of hydrogen-bond acceptors (Lipinski definition) is 5. The molecule has 1 radical (unpaired) electrons. The Balaban J connectivity index is 0.000000286. The van der Waals surface area contributed by atoms with Gasteiger partial charge in [0.05, 0.1) is 5.76 Å². The number of ketones is 1. The third-order valence-corrected chi connectivity index (χ3v) is 8.30. The molecule has 0 unspecified atom stereocenters. The average Bonchev–Trinajstić information content (AvgIpc) is 3.54. The van der Waals surface area contributed by atoms with Crippen LogP contribution in [0.5, 0.6) is 0 Å². The van der Waals surface area contributed by atoms with Crippen LogP contribution in [0.15, 0.2) is 63.1 Å². The number of hydrogen-bond donors (Lipinski definition) is 1. The molecule has 2 aromatic carbocycles. The molecule has 237 valence electrons. The van der Waals surface area contributed by atoms with Crippen LogP contribution < -0.4 is 0 Å².